The standard InChI is InChI=1S/C14H18O2.C13H14Cl2O3.C13H22O2.2C7H14O.C6H9F3O.CH4/c1-14(2,3)13(16)12(15)10-9-11-7-5-4-6-8-11;1-13(2,3)10(16)7-18-12(17)11-8(14)5-4-6-9(11)15;1-13(2,3)12(15)11(14)9-10-7-5-4-6-8-10;2*1-5-6(8)7(2,3)4;1-5(2,3)4(10)6(7,8)9;/h4-8H,9-10H2,1-3H3;4-6H,7H2,1-3H3;10H,4-9H2,1-3H3;2*5H2,1-4H3;1-3H3;1H4. The molecule has 434 valence electrons. The van der Waals surface area contributed by atoms with E-state index < -0.39 is 39.6 Å². The van der Waals surface area contributed by atoms with Crippen molar-refractivity contribution in [1.29, 1.82) is 0 Å². The molecule has 0 aromatic heterocycles. The monoisotopic (exact) mass is 1110 g/mol. The fraction of sp³-hybridized carbons (Fsp3) is 0.656. The van der Waals surface area contributed by atoms with Crippen LogP contribution in [0.1, 0.15) is 220 Å². The lowest BCUT2D eigenvalue weighted by Gasteiger charge is -2.22. The van der Waals surface area contributed by atoms with E-state index in [-0.39, 0.29) is 69.4 Å². The number of hydrogen-bond acceptors (Lipinski definition) is 10. The van der Waals surface area contributed by atoms with E-state index in [2.05, 4.69) is 0 Å². The zero-order valence-electron chi connectivity index (χ0n) is 48.9. The number of esters is 1. The average Bonchev–Trinajstić information content (AvgIpc) is 3.28. The molecule has 76 heavy (non-hydrogen) atoms. The number of carbonyl (C=O) groups is 9. The summed E-state index contributed by atoms with van der Waals surface area (Å²) in [5.41, 5.74) is -2.02. The third-order valence-corrected chi connectivity index (χ3v) is 11.8. The molecule has 0 spiro atoms. The molecule has 0 saturated heterocycles. The molecule has 1 aliphatic carbocycles. The maximum Gasteiger partial charge on any atom is 0.450 e. The summed E-state index contributed by atoms with van der Waals surface area (Å²) in [4.78, 5) is 102. The fourth-order valence-electron chi connectivity index (χ4n) is 6.20. The number of benzene rings is 2. The summed E-state index contributed by atoms with van der Waals surface area (Å²) in [5.74, 6) is -2.31. The predicted octanol–water partition coefficient (Wildman–Crippen LogP) is 16.5. The Labute approximate surface area is 465 Å². The second kappa shape index (κ2) is 34.5. The van der Waals surface area contributed by atoms with Crippen LogP contribution in [-0.4, -0.2) is 65.0 Å². The van der Waals surface area contributed by atoms with Crippen molar-refractivity contribution in [3.05, 3.63) is 69.7 Å². The zero-order chi connectivity index (χ0) is 59.7. The molecule has 0 bridgehead atoms. The van der Waals surface area contributed by atoms with Gasteiger partial charge in [-0.05, 0) is 30.0 Å². The number of ether oxygens (including phenoxy) is 1. The minimum Gasteiger partial charge on any atom is -0.454 e. The first-order valence-corrected chi connectivity index (χ1v) is 26.4. The Morgan fingerprint density at radius 3 is 1.20 bits per heavy atom. The lowest BCUT2D eigenvalue weighted by Crippen LogP contribution is -2.34. The first-order valence-electron chi connectivity index (χ1n) is 25.7. The Morgan fingerprint density at radius 1 is 0.513 bits per heavy atom. The van der Waals surface area contributed by atoms with Gasteiger partial charge in [-0.25, -0.2) is 4.79 Å². The third kappa shape index (κ3) is 34.4. The van der Waals surface area contributed by atoms with Gasteiger partial charge in [0.2, 0.25) is 17.3 Å². The van der Waals surface area contributed by atoms with Crippen molar-refractivity contribution in [3.8, 4) is 0 Å². The van der Waals surface area contributed by atoms with E-state index in [1.54, 1.807) is 47.6 Å². The van der Waals surface area contributed by atoms with Gasteiger partial charge >= 0.3 is 12.1 Å². The molecule has 0 aliphatic heterocycles. The highest BCUT2D eigenvalue weighted by Crippen LogP contribution is 2.30. The Balaban J connectivity index is -0.000000419. The summed E-state index contributed by atoms with van der Waals surface area (Å²) < 4.78 is 39.7. The van der Waals surface area contributed by atoms with Gasteiger partial charge in [-0.1, -0.05) is 238 Å². The van der Waals surface area contributed by atoms with Gasteiger partial charge in [-0.3, -0.25) is 38.4 Å². The van der Waals surface area contributed by atoms with Gasteiger partial charge in [-0.2, -0.15) is 13.2 Å². The van der Waals surface area contributed by atoms with Gasteiger partial charge in [0.25, 0.3) is 0 Å². The Bertz CT molecular complexity index is 2100. The molecule has 0 amide bonds. The summed E-state index contributed by atoms with van der Waals surface area (Å²) in [5, 5.41) is 0.409. The zero-order valence-corrected chi connectivity index (χ0v) is 50.5. The number of carbonyl (C=O) groups excluding carboxylic acids is 9. The van der Waals surface area contributed by atoms with Crippen LogP contribution in [0.15, 0.2) is 48.5 Å². The lowest BCUT2D eigenvalue weighted by molar-refractivity contribution is -0.179. The quantitative estimate of drug-likeness (QED) is 0.148. The summed E-state index contributed by atoms with van der Waals surface area (Å²) in [6, 6.07) is 14.4. The molecule has 1 saturated carbocycles. The molecule has 2 aromatic rings. The molecule has 2 aromatic carbocycles. The molecule has 1 aliphatic rings. The van der Waals surface area contributed by atoms with Crippen molar-refractivity contribution < 1.29 is 61.1 Å². The van der Waals surface area contributed by atoms with Gasteiger partial charge < -0.3 is 4.74 Å². The lowest BCUT2D eigenvalue weighted by atomic mass is 9.81. The minimum absolute atomic E-state index is 0. The van der Waals surface area contributed by atoms with Crippen LogP contribution in [0.3, 0.4) is 0 Å². The van der Waals surface area contributed by atoms with Crippen LogP contribution in [-0.2, 0) is 49.5 Å². The number of hydrogen-bond donors (Lipinski definition) is 0. The normalized spacial score (nSPS) is 12.9. The van der Waals surface area contributed by atoms with Crippen molar-refractivity contribution in [2.75, 3.05) is 6.61 Å². The fourth-order valence-corrected chi connectivity index (χ4v) is 6.75. The molecule has 1 fully saturated rings. The second-order valence-corrected chi connectivity index (χ2v) is 25.5. The summed E-state index contributed by atoms with van der Waals surface area (Å²) >= 11 is 11.7. The smallest absolute Gasteiger partial charge is 0.450 e. The summed E-state index contributed by atoms with van der Waals surface area (Å²) in [6.07, 6.45) is 4.04. The minimum atomic E-state index is -4.70. The number of alkyl halides is 3. The number of rotatable bonds is 12. The van der Waals surface area contributed by atoms with Gasteiger partial charge in [-0.15, -0.1) is 0 Å². The molecule has 0 heterocycles. The van der Waals surface area contributed by atoms with Gasteiger partial charge in [0, 0.05) is 58.2 Å². The molecule has 0 unspecified atom stereocenters. The molecule has 10 nitrogen and oxygen atoms in total. The van der Waals surface area contributed by atoms with E-state index in [1.807, 2.05) is 106 Å². The van der Waals surface area contributed by atoms with Crippen molar-refractivity contribution in [2.24, 2.45) is 38.4 Å². The van der Waals surface area contributed by atoms with Crippen molar-refractivity contribution in [2.45, 2.75) is 216 Å². The highest BCUT2D eigenvalue weighted by atomic mass is 35.5. The SMILES string of the molecule is C.CC(C)(C)C(=O)C(=O)CC1CCCCC1.CC(C)(C)C(=O)C(=O)CCc1ccccc1.CC(C)(C)C(=O)C(F)(F)F.CC(C)(C)C(=O)COC(=O)c1c(Cl)cccc1Cl.CCC(=O)C(C)(C)C.CCC(=O)C(C)(C)C. The Morgan fingerprint density at radius 2 is 0.895 bits per heavy atom. The van der Waals surface area contributed by atoms with Crippen LogP contribution in [0, 0.1) is 38.4 Å². The molecule has 15 heteroatoms. The van der Waals surface area contributed by atoms with Crippen LogP contribution >= 0.6 is 23.2 Å². The number of halogens is 5. The second-order valence-electron chi connectivity index (χ2n) is 24.7. The van der Waals surface area contributed by atoms with E-state index in [0.717, 1.165) is 18.4 Å². The van der Waals surface area contributed by atoms with E-state index in [9.17, 15) is 56.3 Å². The topological polar surface area (TPSA) is 163 Å². The number of aryl methyl sites for hydroxylation is 1. The molecule has 0 N–H and O–H groups in total. The van der Waals surface area contributed by atoms with E-state index in [4.69, 9.17) is 27.9 Å². The molecular weight excluding hydrogens is 1020 g/mol. The maximum atomic E-state index is 11.8. The predicted molar refractivity (Wildman–Crippen MR) is 303 cm³/mol. The largest absolute Gasteiger partial charge is 0.454 e. The summed E-state index contributed by atoms with van der Waals surface area (Å²) in [7, 11) is 0. The van der Waals surface area contributed by atoms with Crippen LogP contribution < -0.4 is 0 Å². The van der Waals surface area contributed by atoms with Gasteiger partial charge in [0.1, 0.15) is 11.6 Å². The molecule has 0 radical (unpaired) electrons. The van der Waals surface area contributed by atoms with E-state index in [1.165, 1.54) is 52.2 Å². The average molecular weight is 1120 g/mol. The van der Waals surface area contributed by atoms with E-state index in [0.29, 0.717) is 49.6 Å². The van der Waals surface area contributed by atoms with Crippen LogP contribution in [0.25, 0.3) is 0 Å². The van der Waals surface area contributed by atoms with Crippen molar-refractivity contribution in [3.63, 3.8) is 0 Å². The number of ketones is 8. The van der Waals surface area contributed by atoms with E-state index >= 15 is 0 Å². The van der Waals surface area contributed by atoms with Crippen LogP contribution in [0.2, 0.25) is 10.0 Å². The van der Waals surface area contributed by atoms with Crippen LogP contribution in [0.5, 0.6) is 0 Å². The van der Waals surface area contributed by atoms with Crippen molar-refractivity contribution >= 4 is 75.4 Å². The molecular formula is C61H95Cl2F3O10. The third-order valence-electron chi connectivity index (χ3n) is 11.1. The van der Waals surface area contributed by atoms with Gasteiger partial charge in [0.05, 0.1) is 15.6 Å². The van der Waals surface area contributed by atoms with Crippen LogP contribution in [0.4, 0.5) is 13.2 Å². The Kier molecular flexibility index (Phi) is 35.5. The highest BCUT2D eigenvalue weighted by Gasteiger charge is 2.45. The first kappa shape index (κ1) is 78.1. The molecule has 0 atom stereocenters. The van der Waals surface area contributed by atoms with Gasteiger partial charge in [0.15, 0.2) is 24.0 Å². The Hall–Kier alpha value is -4.36. The summed E-state index contributed by atoms with van der Waals surface area (Å²) in [6.45, 7) is 34.9. The maximum absolute atomic E-state index is 11.8. The highest BCUT2D eigenvalue weighted by molar-refractivity contribution is 6.40. The first-order chi connectivity index (χ1) is 33.7. The number of Topliss-reactive ketones (excluding diaryl/α,β-unsaturated/α-hetero) is 8. The van der Waals surface area contributed by atoms with Crippen molar-refractivity contribution in [1.82, 2.24) is 0 Å². The molecule has 3 rings (SSSR count).